The first-order valence-corrected chi connectivity index (χ1v) is 9.53. The van der Waals surface area contributed by atoms with Crippen molar-refractivity contribution in [2.45, 2.75) is 25.3 Å². The van der Waals surface area contributed by atoms with Crippen LogP contribution in [0.1, 0.15) is 35.0 Å². The highest BCUT2D eigenvalue weighted by Gasteiger charge is 2.38. The summed E-state index contributed by atoms with van der Waals surface area (Å²) in [6, 6.07) is 6.09. The number of amides is 1. The summed E-state index contributed by atoms with van der Waals surface area (Å²) < 4.78 is 16.2. The maximum absolute atomic E-state index is 14.6. The molecule has 2 N–H and O–H groups in total. The van der Waals surface area contributed by atoms with E-state index in [1.165, 1.54) is 41.2 Å². The Labute approximate surface area is 177 Å². The molecule has 0 radical (unpaired) electrons. The fourth-order valence-electron chi connectivity index (χ4n) is 3.42. The van der Waals surface area contributed by atoms with Crippen molar-refractivity contribution in [3.8, 4) is 5.82 Å². The van der Waals surface area contributed by atoms with Crippen LogP contribution in [0.25, 0.3) is 5.82 Å². The molecule has 0 spiro atoms. The molecule has 0 saturated carbocycles. The van der Waals surface area contributed by atoms with E-state index in [1.54, 1.807) is 31.5 Å². The summed E-state index contributed by atoms with van der Waals surface area (Å²) in [6.45, 7) is 1.65. The maximum atomic E-state index is 14.6. The fraction of sp³-hybridized carbons (Fsp3) is 0.238. The molecule has 1 aliphatic heterocycles. The van der Waals surface area contributed by atoms with E-state index in [-0.39, 0.29) is 41.7 Å². The molecule has 9 nitrogen and oxygen atoms in total. The summed E-state index contributed by atoms with van der Waals surface area (Å²) in [5.41, 5.74) is 5.65. The van der Waals surface area contributed by atoms with Crippen LogP contribution in [-0.2, 0) is 16.8 Å². The van der Waals surface area contributed by atoms with Crippen molar-refractivity contribution in [1.82, 2.24) is 24.6 Å². The van der Waals surface area contributed by atoms with Crippen molar-refractivity contribution in [2.75, 3.05) is 7.05 Å². The molecule has 0 fully saturated rings. The molecule has 1 amide bonds. The predicted octanol–water partition coefficient (Wildman–Crippen LogP) is 1.62. The summed E-state index contributed by atoms with van der Waals surface area (Å²) in [6.07, 6.45) is 6.13. The number of aliphatic imine (C=N–C) groups is 1. The molecule has 2 aromatic heterocycles. The van der Waals surface area contributed by atoms with Crippen LogP contribution in [0.2, 0.25) is 0 Å². The molecule has 31 heavy (non-hydrogen) atoms. The van der Waals surface area contributed by atoms with Gasteiger partial charge in [0, 0.05) is 31.4 Å². The minimum absolute atomic E-state index is 0.00774. The second-order valence-electron chi connectivity index (χ2n) is 7.50. The number of hydrogen-bond donors (Lipinski definition) is 1. The van der Waals surface area contributed by atoms with Gasteiger partial charge in [-0.2, -0.15) is 5.10 Å². The van der Waals surface area contributed by atoms with Crippen LogP contribution in [0.4, 0.5) is 4.39 Å². The topological polar surface area (TPSA) is 119 Å². The molecule has 3 aromatic rings. The molecule has 1 atom stereocenters. The number of benzene rings is 1. The van der Waals surface area contributed by atoms with Crippen LogP contribution >= 0.6 is 0 Å². The van der Waals surface area contributed by atoms with Crippen LogP contribution in [0.5, 0.6) is 0 Å². The van der Waals surface area contributed by atoms with Crippen molar-refractivity contribution in [2.24, 2.45) is 10.7 Å². The zero-order valence-corrected chi connectivity index (χ0v) is 17.0. The average Bonchev–Trinajstić information content (AvgIpc) is 3.28. The monoisotopic (exact) mass is 421 g/mol. The molecule has 1 aromatic carbocycles. The molecular weight excluding hydrogens is 401 g/mol. The smallest absolute Gasteiger partial charge is 0.231 e. The molecule has 158 valence electrons. The first kappa shape index (κ1) is 20.3. The molecule has 0 aliphatic carbocycles. The molecule has 0 saturated heterocycles. The maximum Gasteiger partial charge on any atom is 0.231 e. The zero-order chi connectivity index (χ0) is 22.2. The lowest BCUT2D eigenvalue weighted by Gasteiger charge is -2.34. The average molecular weight is 421 g/mol. The van der Waals surface area contributed by atoms with Crippen molar-refractivity contribution in [3.05, 3.63) is 71.7 Å². The van der Waals surface area contributed by atoms with E-state index in [4.69, 9.17) is 5.73 Å². The van der Waals surface area contributed by atoms with Gasteiger partial charge in [0.2, 0.25) is 5.91 Å². The Kier molecular flexibility index (Phi) is 5.05. The lowest BCUT2D eigenvalue weighted by molar-refractivity contribution is -0.128. The second-order valence-corrected chi connectivity index (χ2v) is 7.50. The zero-order valence-electron chi connectivity index (χ0n) is 17.0. The summed E-state index contributed by atoms with van der Waals surface area (Å²) in [4.78, 5) is 38.9. The Bertz CT molecular complexity index is 1170. The summed E-state index contributed by atoms with van der Waals surface area (Å²) >= 11 is 0. The number of nitrogens with zero attached hydrogens (tertiary/aromatic N) is 6. The van der Waals surface area contributed by atoms with Crippen molar-refractivity contribution in [1.29, 1.82) is 0 Å². The number of nitrogens with two attached hydrogens (primary N) is 1. The van der Waals surface area contributed by atoms with Gasteiger partial charge in [-0.15, -0.1) is 0 Å². The number of ketones is 1. The van der Waals surface area contributed by atoms with Gasteiger partial charge in [0.15, 0.2) is 17.6 Å². The number of halogens is 1. The van der Waals surface area contributed by atoms with Crippen molar-refractivity contribution < 1.29 is 14.0 Å². The largest absolute Gasteiger partial charge is 0.369 e. The number of hydrogen-bond acceptors (Lipinski definition) is 7. The van der Waals surface area contributed by atoms with Crippen LogP contribution < -0.4 is 5.73 Å². The molecule has 1 aliphatic rings. The van der Waals surface area contributed by atoms with Gasteiger partial charge in [-0.3, -0.25) is 14.5 Å². The van der Waals surface area contributed by atoms with E-state index in [2.05, 4.69) is 20.1 Å². The van der Waals surface area contributed by atoms with Gasteiger partial charge in [0.05, 0.1) is 24.4 Å². The Hall–Kier alpha value is -3.95. The number of guanidine groups is 1. The number of aromatic nitrogens is 4. The summed E-state index contributed by atoms with van der Waals surface area (Å²) in [7, 11) is 1.52. The van der Waals surface area contributed by atoms with Gasteiger partial charge < -0.3 is 5.73 Å². The number of Topliss-reactive ketones (excluding diaryl/α,β-unsaturated/α-hetero) is 1. The fourth-order valence-corrected chi connectivity index (χ4v) is 3.42. The van der Waals surface area contributed by atoms with E-state index in [1.807, 2.05) is 0 Å². The number of carbonyl (C=O) groups excluding carboxylic acids is 2. The second kappa shape index (κ2) is 7.71. The SMILES string of the molecule is CN1C(=O)CC(C)(c2cc(CC(=O)c3cnc(-n4cccn4)cn3)ccc2F)N=C1N. The third-order valence-electron chi connectivity index (χ3n) is 5.21. The predicted molar refractivity (Wildman–Crippen MR) is 110 cm³/mol. The highest BCUT2D eigenvalue weighted by atomic mass is 19.1. The van der Waals surface area contributed by atoms with E-state index in [0.29, 0.717) is 11.4 Å². The van der Waals surface area contributed by atoms with Gasteiger partial charge in [-0.25, -0.2) is 24.0 Å². The first-order chi connectivity index (χ1) is 14.8. The van der Waals surface area contributed by atoms with E-state index < -0.39 is 11.4 Å². The Balaban J connectivity index is 1.57. The normalized spacial score (nSPS) is 18.7. The highest BCUT2D eigenvalue weighted by Crippen LogP contribution is 2.35. The lowest BCUT2D eigenvalue weighted by atomic mass is 9.85. The van der Waals surface area contributed by atoms with Gasteiger partial charge in [0.25, 0.3) is 0 Å². The third-order valence-corrected chi connectivity index (χ3v) is 5.21. The molecule has 4 rings (SSSR count). The minimum atomic E-state index is -1.15. The Morgan fingerprint density at radius 3 is 2.74 bits per heavy atom. The Morgan fingerprint density at radius 2 is 2.10 bits per heavy atom. The number of carbonyl (C=O) groups is 2. The molecule has 10 heteroatoms. The standard InChI is InChI=1S/C21H20FN7O2/c1-21(10-19(31)28(2)20(23)27-21)14-8-13(4-5-15(14)22)9-17(30)16-11-25-18(12-24-16)29-7-3-6-26-29/h3-8,11-12H,9-10H2,1-2H3,(H2,23,27). The third kappa shape index (κ3) is 3.91. The molecule has 3 heterocycles. The van der Waals surface area contributed by atoms with Gasteiger partial charge >= 0.3 is 0 Å². The van der Waals surface area contributed by atoms with Crippen LogP contribution in [0.15, 0.2) is 54.0 Å². The Morgan fingerprint density at radius 1 is 1.29 bits per heavy atom. The van der Waals surface area contributed by atoms with Gasteiger partial charge in [-0.1, -0.05) is 6.07 Å². The van der Waals surface area contributed by atoms with Crippen LogP contribution in [0, 0.1) is 5.82 Å². The van der Waals surface area contributed by atoms with Crippen LogP contribution in [0.3, 0.4) is 0 Å². The lowest BCUT2D eigenvalue weighted by Crippen LogP contribution is -2.47. The molecule has 1 unspecified atom stereocenters. The van der Waals surface area contributed by atoms with E-state index >= 15 is 0 Å². The summed E-state index contributed by atoms with van der Waals surface area (Å²) in [5.74, 6) is -0.544. The molecule has 0 bridgehead atoms. The van der Waals surface area contributed by atoms with Crippen molar-refractivity contribution in [3.63, 3.8) is 0 Å². The summed E-state index contributed by atoms with van der Waals surface area (Å²) in [5, 5.41) is 4.06. The molecular formula is C21H20FN7O2. The van der Waals surface area contributed by atoms with Crippen LogP contribution in [-0.4, -0.2) is 49.3 Å². The minimum Gasteiger partial charge on any atom is -0.369 e. The van der Waals surface area contributed by atoms with Crippen molar-refractivity contribution >= 4 is 17.6 Å². The first-order valence-electron chi connectivity index (χ1n) is 9.53. The van der Waals surface area contributed by atoms with E-state index in [0.717, 1.165) is 0 Å². The highest BCUT2D eigenvalue weighted by molar-refractivity contribution is 5.99. The quantitative estimate of drug-likeness (QED) is 0.625. The van der Waals surface area contributed by atoms with Gasteiger partial charge in [0.1, 0.15) is 11.5 Å². The number of rotatable bonds is 5. The van der Waals surface area contributed by atoms with Gasteiger partial charge in [-0.05, 0) is 30.7 Å². The van der Waals surface area contributed by atoms with E-state index in [9.17, 15) is 14.0 Å².